The van der Waals surface area contributed by atoms with Crippen molar-refractivity contribution < 1.29 is 5.11 Å². The van der Waals surface area contributed by atoms with Crippen LogP contribution < -0.4 is 5.32 Å². The molecule has 1 aromatic heterocycles. The first-order valence-corrected chi connectivity index (χ1v) is 5.20. The second kappa shape index (κ2) is 6.17. The Kier molecular flexibility index (Phi) is 4.99. The third-order valence-electron chi connectivity index (χ3n) is 1.68. The molecule has 2 N–H and O–H groups in total. The van der Waals surface area contributed by atoms with Crippen molar-refractivity contribution in [2.24, 2.45) is 0 Å². The second-order valence-corrected chi connectivity index (χ2v) is 3.49. The maximum Gasteiger partial charge on any atom is 0.0443 e. The molecule has 68 valence electrons. The van der Waals surface area contributed by atoms with Crippen molar-refractivity contribution in [2.45, 2.75) is 12.8 Å². The molecule has 12 heavy (non-hydrogen) atoms. The van der Waals surface area contributed by atoms with Crippen LogP contribution >= 0.6 is 11.3 Å². The highest BCUT2D eigenvalue weighted by Gasteiger charge is 1.91. The molecule has 1 rings (SSSR count). The zero-order valence-electron chi connectivity index (χ0n) is 7.12. The van der Waals surface area contributed by atoms with Gasteiger partial charge in [0.05, 0.1) is 0 Å². The molecule has 0 unspecified atom stereocenters. The molecule has 0 spiro atoms. The van der Waals surface area contributed by atoms with Crippen LogP contribution in [0.4, 0.5) is 0 Å². The van der Waals surface area contributed by atoms with Gasteiger partial charge in [0, 0.05) is 6.61 Å². The Balaban J connectivity index is 1.96. The van der Waals surface area contributed by atoms with Crippen LogP contribution in [0.3, 0.4) is 0 Å². The van der Waals surface area contributed by atoms with Gasteiger partial charge in [-0.3, -0.25) is 0 Å². The van der Waals surface area contributed by atoms with Crippen LogP contribution in [0.15, 0.2) is 16.8 Å². The summed E-state index contributed by atoms with van der Waals surface area (Å²) in [7, 11) is 0. The normalized spacial score (nSPS) is 10.4. The molecule has 0 bridgehead atoms. The van der Waals surface area contributed by atoms with Crippen molar-refractivity contribution in [3.8, 4) is 0 Å². The van der Waals surface area contributed by atoms with Gasteiger partial charge in [-0.25, -0.2) is 0 Å². The molecule has 1 heterocycles. The molecule has 0 aliphatic heterocycles. The van der Waals surface area contributed by atoms with Crippen LogP contribution in [0, 0.1) is 0 Å². The van der Waals surface area contributed by atoms with Crippen molar-refractivity contribution in [2.75, 3.05) is 19.7 Å². The molecule has 0 aliphatic carbocycles. The summed E-state index contributed by atoms with van der Waals surface area (Å²) in [6.45, 7) is 2.21. The predicted molar refractivity (Wildman–Crippen MR) is 52.6 cm³/mol. The molecular formula is C9H15NOS. The summed E-state index contributed by atoms with van der Waals surface area (Å²) in [6.07, 6.45) is 1.94. The van der Waals surface area contributed by atoms with Crippen LogP contribution in [0.2, 0.25) is 0 Å². The van der Waals surface area contributed by atoms with Crippen molar-refractivity contribution >= 4 is 11.3 Å². The highest BCUT2D eigenvalue weighted by Crippen LogP contribution is 2.05. The zero-order valence-corrected chi connectivity index (χ0v) is 7.94. The molecular weight excluding hydrogens is 170 g/mol. The number of rotatable bonds is 6. The lowest BCUT2D eigenvalue weighted by Crippen LogP contribution is -2.19. The van der Waals surface area contributed by atoms with E-state index in [9.17, 15) is 0 Å². The molecule has 1 aromatic rings. The first kappa shape index (κ1) is 9.71. The summed E-state index contributed by atoms with van der Waals surface area (Å²) in [4.78, 5) is 0. The highest BCUT2D eigenvalue weighted by atomic mass is 32.1. The minimum atomic E-state index is 0.283. The molecule has 0 fully saturated rings. The number of thiophene rings is 1. The third kappa shape index (κ3) is 3.85. The lowest BCUT2D eigenvalue weighted by atomic mass is 10.2. The van der Waals surface area contributed by atoms with Gasteiger partial charge in [0.15, 0.2) is 0 Å². The molecule has 0 aromatic carbocycles. The van der Waals surface area contributed by atoms with E-state index in [0.29, 0.717) is 0 Å². The quantitative estimate of drug-likeness (QED) is 0.654. The van der Waals surface area contributed by atoms with Gasteiger partial charge in [-0.2, -0.15) is 11.3 Å². The number of hydrogen-bond acceptors (Lipinski definition) is 3. The molecule has 2 nitrogen and oxygen atoms in total. The summed E-state index contributed by atoms with van der Waals surface area (Å²) in [5, 5.41) is 16.1. The van der Waals surface area contributed by atoms with E-state index >= 15 is 0 Å². The van der Waals surface area contributed by atoms with Crippen LogP contribution in [-0.2, 0) is 6.42 Å². The molecule has 0 aliphatic rings. The fourth-order valence-electron chi connectivity index (χ4n) is 0.997. The largest absolute Gasteiger partial charge is 0.396 e. The Labute approximate surface area is 77.2 Å². The van der Waals surface area contributed by atoms with Crippen LogP contribution in [0.5, 0.6) is 0 Å². The SMILES string of the molecule is OCCCNCCc1ccsc1. The van der Waals surface area contributed by atoms with E-state index in [-0.39, 0.29) is 6.61 Å². The zero-order chi connectivity index (χ0) is 8.65. The van der Waals surface area contributed by atoms with Gasteiger partial charge in [-0.15, -0.1) is 0 Å². The summed E-state index contributed by atoms with van der Waals surface area (Å²) < 4.78 is 0. The highest BCUT2D eigenvalue weighted by molar-refractivity contribution is 7.07. The Bertz CT molecular complexity index is 186. The van der Waals surface area contributed by atoms with E-state index in [1.54, 1.807) is 11.3 Å². The van der Waals surface area contributed by atoms with Crippen molar-refractivity contribution in [1.82, 2.24) is 5.32 Å². The monoisotopic (exact) mass is 185 g/mol. The van der Waals surface area contributed by atoms with Crippen LogP contribution in [0.25, 0.3) is 0 Å². The number of hydrogen-bond donors (Lipinski definition) is 2. The van der Waals surface area contributed by atoms with Gasteiger partial charge in [0.2, 0.25) is 0 Å². The van der Waals surface area contributed by atoms with E-state index in [2.05, 4.69) is 22.1 Å². The molecule has 0 radical (unpaired) electrons. The number of aliphatic hydroxyl groups is 1. The molecule has 0 atom stereocenters. The average molecular weight is 185 g/mol. The fraction of sp³-hybridized carbons (Fsp3) is 0.556. The first-order valence-electron chi connectivity index (χ1n) is 4.26. The lowest BCUT2D eigenvalue weighted by molar-refractivity contribution is 0.286. The minimum absolute atomic E-state index is 0.283. The van der Waals surface area contributed by atoms with Crippen LogP contribution in [0.1, 0.15) is 12.0 Å². The van der Waals surface area contributed by atoms with Crippen molar-refractivity contribution in [3.63, 3.8) is 0 Å². The van der Waals surface area contributed by atoms with Gasteiger partial charge in [0.1, 0.15) is 0 Å². The topological polar surface area (TPSA) is 32.3 Å². The Morgan fingerprint density at radius 3 is 3.00 bits per heavy atom. The molecule has 0 amide bonds. The van der Waals surface area contributed by atoms with E-state index in [4.69, 9.17) is 5.11 Å². The molecule has 0 saturated heterocycles. The predicted octanol–water partition coefficient (Wildman–Crippen LogP) is 1.26. The summed E-state index contributed by atoms with van der Waals surface area (Å²) >= 11 is 1.74. The van der Waals surface area contributed by atoms with E-state index < -0.39 is 0 Å². The van der Waals surface area contributed by atoms with E-state index in [1.807, 2.05) is 0 Å². The standard InChI is InChI=1S/C9H15NOS/c11-6-1-4-10-5-2-9-3-7-12-8-9/h3,7-8,10-11H,1-2,4-6H2. The number of nitrogens with one attached hydrogen (secondary N) is 1. The summed E-state index contributed by atoms with van der Waals surface area (Å²) in [5.41, 5.74) is 1.40. The van der Waals surface area contributed by atoms with E-state index in [0.717, 1.165) is 25.9 Å². The minimum Gasteiger partial charge on any atom is -0.396 e. The maximum atomic E-state index is 8.51. The van der Waals surface area contributed by atoms with Gasteiger partial charge >= 0.3 is 0 Å². The Morgan fingerprint density at radius 2 is 2.33 bits per heavy atom. The lowest BCUT2D eigenvalue weighted by Gasteiger charge is -2.01. The van der Waals surface area contributed by atoms with Crippen molar-refractivity contribution in [1.29, 1.82) is 0 Å². The van der Waals surface area contributed by atoms with Gasteiger partial charge in [-0.1, -0.05) is 0 Å². The molecule has 3 heteroatoms. The number of aliphatic hydroxyl groups excluding tert-OH is 1. The Hall–Kier alpha value is -0.380. The van der Waals surface area contributed by atoms with E-state index in [1.165, 1.54) is 5.56 Å². The first-order chi connectivity index (χ1) is 5.93. The summed E-state index contributed by atoms with van der Waals surface area (Å²) in [5.74, 6) is 0. The van der Waals surface area contributed by atoms with Crippen molar-refractivity contribution in [3.05, 3.63) is 22.4 Å². The maximum absolute atomic E-state index is 8.51. The van der Waals surface area contributed by atoms with Gasteiger partial charge in [-0.05, 0) is 48.3 Å². The van der Waals surface area contributed by atoms with Crippen LogP contribution in [-0.4, -0.2) is 24.8 Å². The fourth-order valence-corrected chi connectivity index (χ4v) is 1.70. The molecule has 0 saturated carbocycles. The van der Waals surface area contributed by atoms with Gasteiger partial charge in [0.25, 0.3) is 0 Å². The second-order valence-electron chi connectivity index (χ2n) is 2.71. The third-order valence-corrected chi connectivity index (χ3v) is 2.41. The van der Waals surface area contributed by atoms with Gasteiger partial charge < -0.3 is 10.4 Å². The smallest absolute Gasteiger partial charge is 0.0443 e. The summed E-state index contributed by atoms with van der Waals surface area (Å²) in [6, 6.07) is 2.15. The average Bonchev–Trinajstić information content (AvgIpc) is 2.57. The Morgan fingerprint density at radius 1 is 1.42 bits per heavy atom.